The highest BCUT2D eigenvalue weighted by atomic mass is 35.5. The second kappa shape index (κ2) is 6.41. The highest BCUT2D eigenvalue weighted by Crippen LogP contribution is 2.18. The van der Waals surface area contributed by atoms with Gasteiger partial charge in [-0.1, -0.05) is 41.9 Å². The Morgan fingerprint density at radius 2 is 1.73 bits per heavy atom. The SMILES string of the molecule is O=C(/C(=C/c1ccccc1)n1cccn1)c1ccc(Cl)cc1. The molecule has 0 bridgehead atoms. The van der Waals surface area contributed by atoms with Crippen LogP contribution < -0.4 is 0 Å². The largest absolute Gasteiger partial charge is 0.287 e. The van der Waals surface area contributed by atoms with Crippen LogP contribution in [-0.4, -0.2) is 15.6 Å². The Kier molecular flexibility index (Phi) is 4.17. The molecule has 4 heteroatoms. The monoisotopic (exact) mass is 308 g/mol. The van der Waals surface area contributed by atoms with E-state index in [2.05, 4.69) is 5.10 Å². The Labute approximate surface area is 133 Å². The molecule has 3 aromatic rings. The molecule has 108 valence electrons. The molecule has 22 heavy (non-hydrogen) atoms. The summed E-state index contributed by atoms with van der Waals surface area (Å²) in [6.45, 7) is 0. The van der Waals surface area contributed by atoms with Crippen molar-refractivity contribution in [3.63, 3.8) is 0 Å². The van der Waals surface area contributed by atoms with Crippen molar-refractivity contribution in [2.45, 2.75) is 0 Å². The van der Waals surface area contributed by atoms with Crippen molar-refractivity contribution in [3.05, 3.63) is 89.2 Å². The molecular formula is C18H13ClN2O. The van der Waals surface area contributed by atoms with E-state index in [0.717, 1.165) is 5.56 Å². The Hall–Kier alpha value is -2.65. The van der Waals surface area contributed by atoms with Crippen LogP contribution in [0.4, 0.5) is 0 Å². The van der Waals surface area contributed by atoms with E-state index in [-0.39, 0.29) is 5.78 Å². The van der Waals surface area contributed by atoms with Crippen molar-refractivity contribution >= 4 is 29.2 Å². The minimum Gasteiger partial charge on any atom is -0.287 e. The van der Waals surface area contributed by atoms with E-state index in [9.17, 15) is 4.79 Å². The van der Waals surface area contributed by atoms with Crippen LogP contribution in [0.2, 0.25) is 5.02 Å². The molecule has 1 heterocycles. The standard InChI is InChI=1S/C18H13ClN2O/c19-16-9-7-15(8-10-16)18(22)17(21-12-4-11-20-21)13-14-5-2-1-3-6-14/h1-13H/b17-13-. The molecular weight excluding hydrogens is 296 g/mol. The lowest BCUT2D eigenvalue weighted by Crippen LogP contribution is -2.09. The minimum atomic E-state index is -0.107. The lowest BCUT2D eigenvalue weighted by Gasteiger charge is -2.08. The van der Waals surface area contributed by atoms with Gasteiger partial charge in [-0.15, -0.1) is 0 Å². The maximum atomic E-state index is 12.8. The van der Waals surface area contributed by atoms with Gasteiger partial charge in [0.1, 0.15) is 5.70 Å². The highest BCUT2D eigenvalue weighted by molar-refractivity contribution is 6.31. The van der Waals surface area contributed by atoms with Gasteiger partial charge in [0.25, 0.3) is 0 Å². The van der Waals surface area contributed by atoms with Gasteiger partial charge in [0.15, 0.2) is 0 Å². The van der Waals surface area contributed by atoms with Crippen molar-refractivity contribution < 1.29 is 4.79 Å². The van der Waals surface area contributed by atoms with Crippen LogP contribution in [-0.2, 0) is 0 Å². The number of Topliss-reactive ketones (excluding diaryl/α,β-unsaturated/α-hetero) is 1. The van der Waals surface area contributed by atoms with E-state index in [1.165, 1.54) is 0 Å². The van der Waals surface area contributed by atoms with Crippen LogP contribution in [0.3, 0.4) is 0 Å². The van der Waals surface area contributed by atoms with Gasteiger partial charge in [-0.05, 0) is 42.0 Å². The predicted molar refractivity (Wildman–Crippen MR) is 88.6 cm³/mol. The summed E-state index contributed by atoms with van der Waals surface area (Å²) < 4.78 is 1.57. The fourth-order valence-corrected chi connectivity index (χ4v) is 2.23. The van der Waals surface area contributed by atoms with E-state index in [0.29, 0.717) is 16.3 Å². The number of carbonyl (C=O) groups excluding carboxylic acids is 1. The zero-order valence-electron chi connectivity index (χ0n) is 11.7. The molecule has 0 fully saturated rings. The molecule has 3 nitrogen and oxygen atoms in total. The van der Waals surface area contributed by atoms with Crippen LogP contribution in [0.1, 0.15) is 15.9 Å². The van der Waals surface area contributed by atoms with E-state index in [1.54, 1.807) is 47.4 Å². The molecule has 0 aliphatic rings. The normalized spacial score (nSPS) is 11.4. The molecule has 0 saturated heterocycles. The maximum absolute atomic E-state index is 12.8. The van der Waals surface area contributed by atoms with Crippen LogP contribution in [0.5, 0.6) is 0 Å². The number of halogens is 1. The first-order valence-electron chi connectivity index (χ1n) is 6.81. The Balaban J connectivity index is 2.04. The van der Waals surface area contributed by atoms with Gasteiger partial charge in [-0.2, -0.15) is 5.10 Å². The van der Waals surface area contributed by atoms with Crippen molar-refractivity contribution in [2.75, 3.05) is 0 Å². The van der Waals surface area contributed by atoms with Crippen LogP contribution in [0, 0.1) is 0 Å². The fraction of sp³-hybridized carbons (Fsp3) is 0. The first kappa shape index (κ1) is 14.3. The molecule has 0 spiro atoms. The number of carbonyl (C=O) groups is 1. The minimum absolute atomic E-state index is 0.107. The van der Waals surface area contributed by atoms with E-state index in [4.69, 9.17) is 11.6 Å². The Bertz CT molecular complexity index is 791. The molecule has 3 rings (SSSR count). The lowest BCUT2D eigenvalue weighted by molar-refractivity contribution is 0.105. The third-order valence-electron chi connectivity index (χ3n) is 3.19. The van der Waals surface area contributed by atoms with Crippen molar-refractivity contribution in [1.29, 1.82) is 0 Å². The van der Waals surface area contributed by atoms with Gasteiger partial charge < -0.3 is 0 Å². The summed E-state index contributed by atoms with van der Waals surface area (Å²) in [5, 5.41) is 4.78. The number of hydrogen-bond acceptors (Lipinski definition) is 2. The zero-order valence-corrected chi connectivity index (χ0v) is 12.4. The molecule has 2 aromatic carbocycles. The summed E-state index contributed by atoms with van der Waals surface area (Å²) in [4.78, 5) is 12.8. The molecule has 0 atom stereocenters. The number of ketones is 1. The first-order valence-corrected chi connectivity index (χ1v) is 7.19. The van der Waals surface area contributed by atoms with Crippen LogP contribution in [0.25, 0.3) is 11.8 Å². The summed E-state index contributed by atoms with van der Waals surface area (Å²) in [5.74, 6) is -0.107. The average molecular weight is 309 g/mol. The number of aromatic nitrogens is 2. The van der Waals surface area contributed by atoms with Gasteiger partial charge in [-0.3, -0.25) is 4.79 Å². The summed E-state index contributed by atoms with van der Waals surface area (Å²) >= 11 is 5.88. The summed E-state index contributed by atoms with van der Waals surface area (Å²) in [6, 6.07) is 18.3. The topological polar surface area (TPSA) is 34.9 Å². The third kappa shape index (κ3) is 3.15. The second-order valence-corrected chi connectivity index (χ2v) is 5.16. The fourth-order valence-electron chi connectivity index (χ4n) is 2.10. The average Bonchev–Trinajstić information content (AvgIpc) is 3.08. The number of allylic oxidation sites excluding steroid dienone is 1. The van der Waals surface area contributed by atoms with E-state index < -0.39 is 0 Å². The van der Waals surface area contributed by atoms with Crippen molar-refractivity contribution in [2.24, 2.45) is 0 Å². The van der Waals surface area contributed by atoms with E-state index in [1.807, 2.05) is 36.4 Å². The second-order valence-electron chi connectivity index (χ2n) is 4.73. The molecule has 1 aromatic heterocycles. The van der Waals surface area contributed by atoms with Crippen LogP contribution >= 0.6 is 11.6 Å². The molecule has 0 aliphatic heterocycles. The number of hydrogen-bond donors (Lipinski definition) is 0. The molecule has 0 amide bonds. The lowest BCUT2D eigenvalue weighted by atomic mass is 10.1. The van der Waals surface area contributed by atoms with Gasteiger partial charge in [-0.25, -0.2) is 4.68 Å². The first-order chi connectivity index (χ1) is 10.7. The summed E-state index contributed by atoms with van der Waals surface area (Å²) in [7, 11) is 0. The van der Waals surface area contributed by atoms with Gasteiger partial charge >= 0.3 is 0 Å². The summed E-state index contributed by atoms with van der Waals surface area (Å²) in [6.07, 6.45) is 5.22. The summed E-state index contributed by atoms with van der Waals surface area (Å²) in [5.41, 5.74) is 2.00. The smallest absolute Gasteiger partial charge is 0.211 e. The molecule has 0 saturated carbocycles. The van der Waals surface area contributed by atoms with Gasteiger partial charge in [0.2, 0.25) is 5.78 Å². The Morgan fingerprint density at radius 3 is 2.36 bits per heavy atom. The predicted octanol–water partition coefficient (Wildman–Crippen LogP) is 4.42. The highest BCUT2D eigenvalue weighted by Gasteiger charge is 2.14. The molecule has 0 aliphatic carbocycles. The van der Waals surface area contributed by atoms with Gasteiger partial charge in [0, 0.05) is 23.0 Å². The van der Waals surface area contributed by atoms with Crippen molar-refractivity contribution in [1.82, 2.24) is 9.78 Å². The number of rotatable bonds is 4. The number of benzene rings is 2. The molecule has 0 unspecified atom stereocenters. The quantitative estimate of drug-likeness (QED) is 0.528. The van der Waals surface area contributed by atoms with Gasteiger partial charge in [0.05, 0.1) is 0 Å². The molecule has 0 radical (unpaired) electrons. The van der Waals surface area contributed by atoms with Crippen molar-refractivity contribution in [3.8, 4) is 0 Å². The Morgan fingerprint density at radius 1 is 1.00 bits per heavy atom. The van der Waals surface area contributed by atoms with Crippen LogP contribution in [0.15, 0.2) is 73.1 Å². The maximum Gasteiger partial charge on any atom is 0.211 e. The third-order valence-corrected chi connectivity index (χ3v) is 3.45. The number of nitrogens with zero attached hydrogens (tertiary/aromatic N) is 2. The zero-order chi connectivity index (χ0) is 15.4. The van der Waals surface area contributed by atoms with E-state index >= 15 is 0 Å². The molecule has 0 N–H and O–H groups in total.